The zero-order valence-corrected chi connectivity index (χ0v) is 10.9. The molecule has 0 aliphatic rings. The Labute approximate surface area is 106 Å². The predicted octanol–water partition coefficient (Wildman–Crippen LogP) is 0.927. The van der Waals surface area contributed by atoms with Crippen LogP contribution in [0.3, 0.4) is 0 Å². The maximum atomic E-state index is 11.7. The average molecular weight is 272 g/mol. The van der Waals surface area contributed by atoms with Gasteiger partial charge in [0.1, 0.15) is 0 Å². The van der Waals surface area contributed by atoms with Crippen molar-refractivity contribution in [1.29, 1.82) is 0 Å². The molecule has 0 amide bonds. The highest BCUT2D eigenvalue weighted by atomic mass is 32.2. The molecule has 0 aromatic carbocycles. The van der Waals surface area contributed by atoms with Gasteiger partial charge in [0.2, 0.25) is 10.0 Å². The predicted molar refractivity (Wildman–Crippen MR) is 66.4 cm³/mol. The first-order valence-corrected chi connectivity index (χ1v) is 7.17. The van der Waals surface area contributed by atoms with Gasteiger partial charge in [0.25, 0.3) is 0 Å². The molecule has 2 N–H and O–H groups in total. The second kappa shape index (κ2) is 6.46. The minimum Gasteiger partial charge on any atom is -0.481 e. The topological polar surface area (TPSA) is 96.4 Å². The van der Waals surface area contributed by atoms with Gasteiger partial charge in [-0.15, -0.1) is 0 Å². The summed E-state index contributed by atoms with van der Waals surface area (Å²) in [5, 5.41) is 8.45. The number of rotatable bonds is 7. The highest BCUT2D eigenvalue weighted by Gasteiger charge is 2.16. The van der Waals surface area contributed by atoms with E-state index in [0.717, 1.165) is 5.56 Å². The van der Waals surface area contributed by atoms with Crippen molar-refractivity contribution in [2.75, 3.05) is 5.75 Å². The van der Waals surface area contributed by atoms with Gasteiger partial charge >= 0.3 is 5.97 Å². The summed E-state index contributed by atoms with van der Waals surface area (Å²) < 4.78 is 25.8. The van der Waals surface area contributed by atoms with Crippen molar-refractivity contribution in [3.63, 3.8) is 0 Å². The Kier molecular flexibility index (Phi) is 5.24. The first kappa shape index (κ1) is 14.6. The number of sulfonamides is 1. The number of carboxylic acids is 1. The standard InChI is InChI=1S/C11H16N2O4S/c1-9(10-4-2-6-12-8-10)13-18(16,17)7-3-5-11(14)15/h2,4,6,8-9,13H,3,5,7H2,1H3,(H,14,15)/t9-/m0/s1. The van der Waals surface area contributed by atoms with Gasteiger partial charge < -0.3 is 5.11 Å². The molecule has 0 unspecified atom stereocenters. The number of aliphatic carboxylic acids is 1. The molecule has 7 heteroatoms. The lowest BCUT2D eigenvalue weighted by Gasteiger charge is -2.13. The summed E-state index contributed by atoms with van der Waals surface area (Å²) in [5.74, 6) is -1.19. The van der Waals surface area contributed by atoms with Crippen LogP contribution in [0.2, 0.25) is 0 Å². The number of carbonyl (C=O) groups is 1. The summed E-state index contributed by atoms with van der Waals surface area (Å²) >= 11 is 0. The van der Waals surface area contributed by atoms with Crippen LogP contribution in [-0.4, -0.2) is 30.2 Å². The molecule has 0 bridgehead atoms. The molecule has 1 heterocycles. The second-order valence-corrected chi connectivity index (χ2v) is 5.82. The first-order valence-electron chi connectivity index (χ1n) is 5.52. The van der Waals surface area contributed by atoms with Crippen LogP contribution in [0, 0.1) is 0 Å². The number of aromatic nitrogens is 1. The number of nitrogens with one attached hydrogen (secondary N) is 1. The van der Waals surface area contributed by atoms with E-state index in [4.69, 9.17) is 5.11 Å². The van der Waals surface area contributed by atoms with Crippen molar-refractivity contribution in [3.05, 3.63) is 30.1 Å². The SMILES string of the molecule is C[C@H](NS(=O)(=O)CCCC(=O)O)c1cccnc1. The van der Waals surface area contributed by atoms with Crippen LogP contribution < -0.4 is 4.72 Å². The third kappa shape index (κ3) is 5.24. The second-order valence-electron chi connectivity index (χ2n) is 3.94. The van der Waals surface area contributed by atoms with E-state index in [1.54, 1.807) is 31.5 Å². The van der Waals surface area contributed by atoms with Crippen LogP contribution in [0.5, 0.6) is 0 Å². The largest absolute Gasteiger partial charge is 0.481 e. The third-order valence-corrected chi connectivity index (χ3v) is 3.88. The van der Waals surface area contributed by atoms with Crippen LogP contribution >= 0.6 is 0 Å². The Hall–Kier alpha value is -1.47. The number of hydrogen-bond donors (Lipinski definition) is 2. The maximum absolute atomic E-state index is 11.7. The molecule has 1 rings (SSSR count). The van der Waals surface area contributed by atoms with Crippen LogP contribution in [0.25, 0.3) is 0 Å². The summed E-state index contributed by atoms with van der Waals surface area (Å²) in [6.45, 7) is 1.71. The van der Waals surface area contributed by atoms with Crippen molar-refractivity contribution in [2.45, 2.75) is 25.8 Å². The smallest absolute Gasteiger partial charge is 0.303 e. The van der Waals surface area contributed by atoms with E-state index in [2.05, 4.69) is 9.71 Å². The molecule has 1 aromatic rings. The Morgan fingerprint density at radius 1 is 1.56 bits per heavy atom. The van der Waals surface area contributed by atoms with Gasteiger partial charge in [0.05, 0.1) is 5.75 Å². The summed E-state index contributed by atoms with van der Waals surface area (Å²) in [4.78, 5) is 14.2. The lowest BCUT2D eigenvalue weighted by Crippen LogP contribution is -2.29. The average Bonchev–Trinajstić information content (AvgIpc) is 2.28. The van der Waals surface area contributed by atoms with E-state index in [-0.39, 0.29) is 24.6 Å². The molecule has 0 aliphatic heterocycles. The molecule has 0 spiro atoms. The molecule has 0 aliphatic carbocycles. The molecule has 0 fully saturated rings. The molecular weight excluding hydrogens is 256 g/mol. The highest BCUT2D eigenvalue weighted by molar-refractivity contribution is 7.89. The van der Waals surface area contributed by atoms with E-state index in [1.807, 2.05) is 0 Å². The number of carboxylic acid groups (broad SMARTS) is 1. The molecule has 0 saturated carbocycles. The minimum atomic E-state index is -3.47. The molecule has 1 aromatic heterocycles. The zero-order chi connectivity index (χ0) is 13.6. The molecule has 0 saturated heterocycles. The molecule has 6 nitrogen and oxygen atoms in total. The quantitative estimate of drug-likeness (QED) is 0.769. The van der Waals surface area contributed by atoms with Crippen LogP contribution in [0.15, 0.2) is 24.5 Å². The lowest BCUT2D eigenvalue weighted by molar-refractivity contribution is -0.137. The van der Waals surface area contributed by atoms with E-state index in [9.17, 15) is 13.2 Å². The van der Waals surface area contributed by atoms with E-state index in [1.165, 1.54) is 0 Å². The van der Waals surface area contributed by atoms with Gasteiger partial charge in [-0.2, -0.15) is 0 Å². The molecule has 0 radical (unpaired) electrons. The summed E-state index contributed by atoms with van der Waals surface area (Å²) in [6, 6.07) is 3.12. The highest BCUT2D eigenvalue weighted by Crippen LogP contribution is 2.11. The Bertz CT molecular complexity index is 487. The number of hydrogen-bond acceptors (Lipinski definition) is 4. The zero-order valence-electron chi connectivity index (χ0n) is 10.0. The third-order valence-electron chi connectivity index (χ3n) is 2.34. The molecule has 18 heavy (non-hydrogen) atoms. The van der Waals surface area contributed by atoms with Gasteiger partial charge in [-0.1, -0.05) is 6.07 Å². The normalized spacial score (nSPS) is 13.2. The van der Waals surface area contributed by atoms with Crippen molar-refractivity contribution in [1.82, 2.24) is 9.71 Å². The fourth-order valence-corrected chi connectivity index (χ4v) is 2.76. The van der Waals surface area contributed by atoms with Crippen molar-refractivity contribution in [3.8, 4) is 0 Å². The van der Waals surface area contributed by atoms with Gasteiger partial charge in [-0.3, -0.25) is 9.78 Å². The summed E-state index contributed by atoms with van der Waals surface area (Å²) in [6.07, 6.45) is 3.15. The summed E-state index contributed by atoms with van der Waals surface area (Å²) in [7, 11) is -3.47. The Morgan fingerprint density at radius 3 is 2.83 bits per heavy atom. The number of pyridine rings is 1. The van der Waals surface area contributed by atoms with Gasteiger partial charge in [-0.05, 0) is 25.0 Å². The molecule has 1 atom stereocenters. The lowest BCUT2D eigenvalue weighted by atomic mass is 10.2. The van der Waals surface area contributed by atoms with E-state index >= 15 is 0 Å². The maximum Gasteiger partial charge on any atom is 0.303 e. The Morgan fingerprint density at radius 2 is 2.28 bits per heavy atom. The fourth-order valence-electron chi connectivity index (χ4n) is 1.44. The minimum absolute atomic E-state index is 0.102. The first-order chi connectivity index (χ1) is 8.41. The van der Waals surface area contributed by atoms with Gasteiger partial charge in [-0.25, -0.2) is 13.1 Å². The van der Waals surface area contributed by atoms with Crippen molar-refractivity contribution >= 4 is 16.0 Å². The van der Waals surface area contributed by atoms with Gasteiger partial charge in [0.15, 0.2) is 0 Å². The Balaban J connectivity index is 2.53. The number of nitrogens with zero attached hydrogens (tertiary/aromatic N) is 1. The monoisotopic (exact) mass is 272 g/mol. The van der Waals surface area contributed by atoms with Crippen LogP contribution in [0.4, 0.5) is 0 Å². The molecule has 100 valence electrons. The fraction of sp³-hybridized carbons (Fsp3) is 0.455. The van der Waals surface area contributed by atoms with Crippen molar-refractivity contribution in [2.24, 2.45) is 0 Å². The summed E-state index contributed by atoms with van der Waals surface area (Å²) in [5.41, 5.74) is 0.763. The van der Waals surface area contributed by atoms with E-state index in [0.29, 0.717) is 0 Å². The van der Waals surface area contributed by atoms with E-state index < -0.39 is 16.0 Å². The molecular formula is C11H16N2O4S. The van der Waals surface area contributed by atoms with Crippen LogP contribution in [-0.2, 0) is 14.8 Å². The van der Waals surface area contributed by atoms with Crippen LogP contribution in [0.1, 0.15) is 31.4 Å². The van der Waals surface area contributed by atoms with Gasteiger partial charge in [0, 0.05) is 24.9 Å². The van der Waals surface area contributed by atoms with Crippen molar-refractivity contribution < 1.29 is 18.3 Å².